The molecule has 1 saturated heterocycles. The largest absolute Gasteiger partial charge is 0.341 e. The fourth-order valence-electron chi connectivity index (χ4n) is 3.08. The topological polar surface area (TPSA) is 63.9 Å². The standard InChI is InChI=1S/C18H25N5O/c1-13(2)15-6-8-16(9-7-15)18-19-21-23(20-18)12-17(24)22-10-4-5-14(3)11-22/h6-9,13-14H,4-5,10-12H2,1-3H3/t14-/m0/s1. The van der Waals surface area contributed by atoms with Gasteiger partial charge in [-0.15, -0.1) is 10.2 Å². The van der Waals surface area contributed by atoms with Gasteiger partial charge in [-0.05, 0) is 35.5 Å². The maximum Gasteiger partial charge on any atom is 0.246 e. The van der Waals surface area contributed by atoms with Crippen molar-refractivity contribution < 1.29 is 4.79 Å². The summed E-state index contributed by atoms with van der Waals surface area (Å²) in [6, 6.07) is 8.18. The molecule has 0 aliphatic carbocycles. The van der Waals surface area contributed by atoms with Crippen LogP contribution < -0.4 is 0 Å². The quantitative estimate of drug-likeness (QED) is 0.866. The van der Waals surface area contributed by atoms with Crippen molar-refractivity contribution in [3.8, 4) is 11.4 Å². The minimum atomic E-state index is 0.0701. The van der Waals surface area contributed by atoms with Gasteiger partial charge in [-0.1, -0.05) is 45.0 Å². The van der Waals surface area contributed by atoms with E-state index in [1.54, 1.807) is 0 Å². The summed E-state index contributed by atoms with van der Waals surface area (Å²) in [4.78, 5) is 15.7. The first-order valence-corrected chi connectivity index (χ1v) is 8.69. The Bertz CT molecular complexity index is 692. The predicted molar refractivity (Wildman–Crippen MR) is 92.3 cm³/mol. The molecule has 2 heterocycles. The number of tetrazole rings is 1. The molecule has 24 heavy (non-hydrogen) atoms. The monoisotopic (exact) mass is 327 g/mol. The number of carbonyl (C=O) groups excluding carboxylic acids is 1. The molecule has 2 aromatic rings. The summed E-state index contributed by atoms with van der Waals surface area (Å²) < 4.78 is 0. The highest BCUT2D eigenvalue weighted by molar-refractivity contribution is 5.75. The normalized spacial score (nSPS) is 18.2. The molecular formula is C18H25N5O. The van der Waals surface area contributed by atoms with E-state index in [1.165, 1.54) is 16.8 Å². The van der Waals surface area contributed by atoms with Gasteiger partial charge in [0.25, 0.3) is 0 Å². The van der Waals surface area contributed by atoms with E-state index in [0.29, 0.717) is 17.7 Å². The molecule has 0 saturated carbocycles. The average Bonchev–Trinajstić information content (AvgIpc) is 3.03. The van der Waals surface area contributed by atoms with Crippen molar-refractivity contribution in [1.82, 2.24) is 25.1 Å². The highest BCUT2D eigenvalue weighted by Gasteiger charge is 2.21. The first-order valence-electron chi connectivity index (χ1n) is 8.69. The van der Waals surface area contributed by atoms with Gasteiger partial charge in [0.15, 0.2) is 0 Å². The van der Waals surface area contributed by atoms with Crippen LogP contribution in [0.2, 0.25) is 0 Å². The van der Waals surface area contributed by atoms with Crippen LogP contribution in [0.3, 0.4) is 0 Å². The third kappa shape index (κ3) is 3.80. The number of hydrogen-bond donors (Lipinski definition) is 0. The molecular weight excluding hydrogens is 302 g/mol. The molecule has 1 aromatic heterocycles. The van der Waals surface area contributed by atoms with Crippen LogP contribution >= 0.6 is 0 Å². The zero-order valence-corrected chi connectivity index (χ0v) is 14.6. The van der Waals surface area contributed by atoms with Crippen LogP contribution in [0, 0.1) is 5.92 Å². The second kappa shape index (κ2) is 7.11. The molecule has 1 fully saturated rings. The molecule has 6 heteroatoms. The maximum atomic E-state index is 12.4. The van der Waals surface area contributed by atoms with Crippen molar-refractivity contribution in [1.29, 1.82) is 0 Å². The van der Waals surface area contributed by atoms with Crippen LogP contribution in [0.5, 0.6) is 0 Å². The molecule has 1 aromatic carbocycles. The minimum absolute atomic E-state index is 0.0701. The Morgan fingerprint density at radius 2 is 2.04 bits per heavy atom. The Morgan fingerprint density at radius 1 is 1.29 bits per heavy atom. The van der Waals surface area contributed by atoms with Gasteiger partial charge in [0.2, 0.25) is 11.7 Å². The first kappa shape index (κ1) is 16.6. The van der Waals surface area contributed by atoms with Gasteiger partial charge in [-0.25, -0.2) is 0 Å². The van der Waals surface area contributed by atoms with Gasteiger partial charge in [-0.2, -0.15) is 4.80 Å². The number of carbonyl (C=O) groups is 1. The Balaban J connectivity index is 1.65. The lowest BCUT2D eigenvalue weighted by atomic mass is 10.0. The van der Waals surface area contributed by atoms with Crippen LogP contribution in [0.1, 0.15) is 45.1 Å². The number of amides is 1. The third-order valence-electron chi connectivity index (χ3n) is 4.57. The van der Waals surface area contributed by atoms with E-state index in [9.17, 15) is 4.79 Å². The van der Waals surface area contributed by atoms with E-state index in [0.717, 1.165) is 25.1 Å². The van der Waals surface area contributed by atoms with Crippen LogP contribution in [0.15, 0.2) is 24.3 Å². The minimum Gasteiger partial charge on any atom is -0.341 e. The average molecular weight is 327 g/mol. The van der Waals surface area contributed by atoms with Gasteiger partial charge in [0.05, 0.1) is 0 Å². The molecule has 1 aliphatic heterocycles. The molecule has 0 N–H and O–H groups in total. The summed E-state index contributed by atoms with van der Waals surface area (Å²) in [5.74, 6) is 1.69. The fourth-order valence-corrected chi connectivity index (χ4v) is 3.08. The summed E-state index contributed by atoms with van der Waals surface area (Å²) >= 11 is 0. The van der Waals surface area contributed by atoms with E-state index >= 15 is 0 Å². The van der Waals surface area contributed by atoms with Gasteiger partial charge in [-0.3, -0.25) is 4.79 Å². The highest BCUT2D eigenvalue weighted by Crippen LogP contribution is 2.19. The lowest BCUT2D eigenvalue weighted by Crippen LogP contribution is -2.41. The van der Waals surface area contributed by atoms with E-state index in [1.807, 2.05) is 17.0 Å². The summed E-state index contributed by atoms with van der Waals surface area (Å²) in [5.41, 5.74) is 2.20. The van der Waals surface area contributed by atoms with Crippen LogP contribution in [-0.4, -0.2) is 44.1 Å². The fraction of sp³-hybridized carbons (Fsp3) is 0.556. The zero-order chi connectivity index (χ0) is 17.1. The maximum absolute atomic E-state index is 12.4. The van der Waals surface area contributed by atoms with Crippen LogP contribution in [0.25, 0.3) is 11.4 Å². The molecule has 6 nitrogen and oxygen atoms in total. The van der Waals surface area contributed by atoms with Gasteiger partial charge in [0.1, 0.15) is 6.54 Å². The van der Waals surface area contributed by atoms with Crippen LogP contribution in [0.4, 0.5) is 0 Å². The SMILES string of the molecule is CC(C)c1ccc(-c2nnn(CC(=O)N3CCC[C@H](C)C3)n2)cc1. The Hall–Kier alpha value is -2.24. The van der Waals surface area contributed by atoms with Gasteiger partial charge >= 0.3 is 0 Å². The Kier molecular flexibility index (Phi) is 4.92. The van der Waals surface area contributed by atoms with Crippen molar-refractivity contribution in [3.63, 3.8) is 0 Å². The second-order valence-electron chi connectivity index (χ2n) is 7.01. The lowest BCUT2D eigenvalue weighted by Gasteiger charge is -2.30. The number of likely N-dealkylation sites (tertiary alicyclic amines) is 1. The van der Waals surface area contributed by atoms with Crippen molar-refractivity contribution in [2.75, 3.05) is 13.1 Å². The molecule has 0 unspecified atom stereocenters. The summed E-state index contributed by atoms with van der Waals surface area (Å²) in [6.07, 6.45) is 2.27. The number of aromatic nitrogens is 4. The summed E-state index contributed by atoms with van der Waals surface area (Å²) in [6.45, 7) is 8.33. The smallest absolute Gasteiger partial charge is 0.246 e. The van der Waals surface area contributed by atoms with Crippen LogP contribution in [-0.2, 0) is 11.3 Å². The van der Waals surface area contributed by atoms with Gasteiger partial charge in [0, 0.05) is 18.7 Å². The number of rotatable bonds is 4. The number of hydrogen-bond acceptors (Lipinski definition) is 4. The Labute approximate surface area is 142 Å². The number of nitrogens with zero attached hydrogens (tertiary/aromatic N) is 5. The van der Waals surface area contributed by atoms with Crippen molar-refractivity contribution >= 4 is 5.91 Å². The van der Waals surface area contributed by atoms with E-state index in [2.05, 4.69) is 48.3 Å². The predicted octanol–water partition coefficient (Wildman–Crippen LogP) is 2.72. The zero-order valence-electron chi connectivity index (χ0n) is 14.6. The first-order chi connectivity index (χ1) is 11.5. The number of benzene rings is 1. The third-order valence-corrected chi connectivity index (χ3v) is 4.57. The van der Waals surface area contributed by atoms with Crippen molar-refractivity contribution in [2.24, 2.45) is 5.92 Å². The molecule has 0 spiro atoms. The number of piperidine rings is 1. The van der Waals surface area contributed by atoms with Gasteiger partial charge < -0.3 is 4.90 Å². The Morgan fingerprint density at radius 3 is 2.71 bits per heavy atom. The summed E-state index contributed by atoms with van der Waals surface area (Å²) in [7, 11) is 0. The molecule has 128 valence electrons. The molecule has 1 amide bonds. The van der Waals surface area contributed by atoms with E-state index in [-0.39, 0.29) is 12.5 Å². The van der Waals surface area contributed by atoms with E-state index in [4.69, 9.17) is 0 Å². The molecule has 3 rings (SSSR count). The molecule has 0 bridgehead atoms. The van der Waals surface area contributed by atoms with Crippen molar-refractivity contribution in [3.05, 3.63) is 29.8 Å². The van der Waals surface area contributed by atoms with E-state index < -0.39 is 0 Å². The molecule has 1 aliphatic rings. The van der Waals surface area contributed by atoms with Crippen molar-refractivity contribution in [2.45, 2.75) is 46.1 Å². The molecule has 1 atom stereocenters. The summed E-state index contributed by atoms with van der Waals surface area (Å²) in [5, 5.41) is 12.5. The second-order valence-corrected chi connectivity index (χ2v) is 7.01. The lowest BCUT2D eigenvalue weighted by molar-refractivity contribution is -0.134. The molecule has 0 radical (unpaired) electrons. The highest BCUT2D eigenvalue weighted by atomic mass is 16.2.